The second kappa shape index (κ2) is 5.99. The quantitative estimate of drug-likeness (QED) is 0.830. The Morgan fingerprint density at radius 1 is 1.42 bits per heavy atom. The van der Waals surface area contributed by atoms with Crippen molar-refractivity contribution in [3.8, 4) is 0 Å². The summed E-state index contributed by atoms with van der Waals surface area (Å²) in [6.45, 7) is 5.60. The van der Waals surface area contributed by atoms with Crippen LogP contribution in [0.4, 0.5) is 5.82 Å². The van der Waals surface area contributed by atoms with E-state index in [9.17, 15) is 4.79 Å². The highest BCUT2D eigenvalue weighted by Gasteiger charge is 2.25. The fourth-order valence-corrected chi connectivity index (χ4v) is 2.55. The number of piperidine rings is 1. The lowest BCUT2D eigenvalue weighted by atomic mass is 10.0. The van der Waals surface area contributed by atoms with Gasteiger partial charge in [0, 0.05) is 44.4 Å². The lowest BCUT2D eigenvalue weighted by Crippen LogP contribution is -2.45. The van der Waals surface area contributed by atoms with Gasteiger partial charge in [-0.2, -0.15) is 0 Å². The maximum Gasteiger partial charge on any atom is 0.222 e. The number of carbonyl (C=O) groups excluding carboxylic acids is 1. The molecule has 0 radical (unpaired) electrons. The Morgan fingerprint density at radius 2 is 2.11 bits per heavy atom. The second-order valence-corrected chi connectivity index (χ2v) is 5.09. The minimum Gasteiger partial charge on any atom is -0.356 e. The van der Waals surface area contributed by atoms with Crippen LogP contribution in [0.3, 0.4) is 0 Å². The summed E-state index contributed by atoms with van der Waals surface area (Å²) in [6.07, 6.45) is 4.22. The van der Waals surface area contributed by atoms with Crippen LogP contribution in [-0.2, 0) is 4.79 Å². The van der Waals surface area contributed by atoms with Crippen molar-refractivity contribution < 1.29 is 4.79 Å². The summed E-state index contributed by atoms with van der Waals surface area (Å²) in [4.78, 5) is 24.3. The molecule has 0 aliphatic carbocycles. The molecule has 1 fully saturated rings. The van der Waals surface area contributed by atoms with E-state index in [1.54, 1.807) is 6.33 Å². The Morgan fingerprint density at radius 3 is 2.68 bits per heavy atom. The number of aryl methyl sites for hydroxylation is 1. The van der Waals surface area contributed by atoms with Crippen molar-refractivity contribution >= 4 is 11.7 Å². The first kappa shape index (κ1) is 13.8. The zero-order valence-electron chi connectivity index (χ0n) is 12.0. The highest BCUT2D eigenvalue weighted by molar-refractivity contribution is 5.75. The van der Waals surface area contributed by atoms with Gasteiger partial charge in [0.15, 0.2) is 0 Å². The van der Waals surface area contributed by atoms with Crippen molar-refractivity contribution in [3.63, 3.8) is 0 Å². The molecular formula is C14H22N4O. The molecule has 0 bridgehead atoms. The summed E-state index contributed by atoms with van der Waals surface area (Å²) in [5.74, 6) is 1.23. The number of hydrogen-bond donors (Lipinski definition) is 0. The highest BCUT2D eigenvalue weighted by atomic mass is 16.2. The van der Waals surface area contributed by atoms with Gasteiger partial charge in [0.1, 0.15) is 12.1 Å². The summed E-state index contributed by atoms with van der Waals surface area (Å²) >= 11 is 0. The van der Waals surface area contributed by atoms with Crippen molar-refractivity contribution in [2.24, 2.45) is 0 Å². The van der Waals surface area contributed by atoms with Gasteiger partial charge >= 0.3 is 0 Å². The van der Waals surface area contributed by atoms with E-state index in [1.807, 2.05) is 24.8 Å². The van der Waals surface area contributed by atoms with Gasteiger partial charge in [0.25, 0.3) is 0 Å². The number of likely N-dealkylation sites (tertiary alicyclic amines) is 1. The third-order valence-corrected chi connectivity index (χ3v) is 3.82. The lowest BCUT2D eigenvalue weighted by molar-refractivity contribution is -0.131. The van der Waals surface area contributed by atoms with Crippen molar-refractivity contribution in [2.75, 3.05) is 25.0 Å². The minimum absolute atomic E-state index is 0.263. The van der Waals surface area contributed by atoms with Crippen LogP contribution in [0.2, 0.25) is 0 Å². The van der Waals surface area contributed by atoms with E-state index < -0.39 is 0 Å². The Balaban J connectivity index is 1.96. The molecule has 5 heteroatoms. The van der Waals surface area contributed by atoms with E-state index >= 15 is 0 Å². The maximum absolute atomic E-state index is 11.6. The van der Waals surface area contributed by atoms with E-state index in [-0.39, 0.29) is 5.91 Å². The predicted octanol–water partition coefficient (Wildman–Crippen LogP) is 1.62. The van der Waals surface area contributed by atoms with Crippen LogP contribution in [0.15, 0.2) is 12.4 Å². The van der Waals surface area contributed by atoms with E-state index in [0.717, 1.165) is 37.4 Å². The molecule has 1 aliphatic heterocycles. The molecular weight excluding hydrogens is 240 g/mol. The first-order valence-electron chi connectivity index (χ1n) is 6.91. The van der Waals surface area contributed by atoms with Gasteiger partial charge in [-0.3, -0.25) is 4.79 Å². The Kier molecular flexibility index (Phi) is 4.35. The molecule has 1 saturated heterocycles. The fraction of sp³-hybridized carbons (Fsp3) is 0.643. The monoisotopic (exact) mass is 262 g/mol. The molecule has 2 heterocycles. The largest absolute Gasteiger partial charge is 0.356 e. The Hall–Kier alpha value is -1.65. The van der Waals surface area contributed by atoms with Crippen molar-refractivity contribution in [1.29, 1.82) is 0 Å². The predicted molar refractivity (Wildman–Crippen MR) is 75.1 cm³/mol. The summed E-state index contributed by atoms with van der Waals surface area (Å²) in [6, 6.07) is 2.46. The summed E-state index contributed by atoms with van der Waals surface area (Å²) in [5.41, 5.74) is 0.982. The van der Waals surface area contributed by atoms with Gasteiger partial charge in [0.2, 0.25) is 5.91 Å². The molecule has 0 unspecified atom stereocenters. The van der Waals surface area contributed by atoms with Gasteiger partial charge in [-0.05, 0) is 19.8 Å². The highest BCUT2D eigenvalue weighted by Crippen LogP contribution is 2.20. The Labute approximate surface area is 114 Å². The summed E-state index contributed by atoms with van der Waals surface area (Å²) in [5, 5.41) is 0. The van der Waals surface area contributed by atoms with Gasteiger partial charge in [-0.15, -0.1) is 0 Å². The number of anilines is 1. The van der Waals surface area contributed by atoms with Gasteiger partial charge in [-0.1, -0.05) is 6.92 Å². The molecule has 2 rings (SSSR count). The average Bonchev–Trinajstić information content (AvgIpc) is 2.46. The van der Waals surface area contributed by atoms with E-state index in [4.69, 9.17) is 0 Å². The van der Waals surface area contributed by atoms with Gasteiger partial charge < -0.3 is 9.80 Å². The number of carbonyl (C=O) groups is 1. The van der Waals surface area contributed by atoms with E-state index in [2.05, 4.69) is 21.9 Å². The van der Waals surface area contributed by atoms with Crippen molar-refractivity contribution in [3.05, 3.63) is 18.1 Å². The SMILES string of the molecule is CCC(=O)N1CCC(N(C)c2cc(C)ncn2)CC1. The summed E-state index contributed by atoms with van der Waals surface area (Å²) < 4.78 is 0. The number of nitrogens with zero attached hydrogens (tertiary/aromatic N) is 4. The molecule has 1 aromatic heterocycles. The van der Waals surface area contributed by atoms with Crippen LogP contribution >= 0.6 is 0 Å². The topological polar surface area (TPSA) is 49.3 Å². The standard InChI is InChI=1S/C14H22N4O/c1-4-14(19)18-7-5-12(6-8-18)17(3)13-9-11(2)15-10-16-13/h9-10,12H,4-8H2,1-3H3. The van der Waals surface area contributed by atoms with Gasteiger partial charge in [0.05, 0.1) is 0 Å². The van der Waals surface area contributed by atoms with Crippen LogP contribution in [0.5, 0.6) is 0 Å². The number of amides is 1. The third kappa shape index (κ3) is 3.22. The van der Waals surface area contributed by atoms with Gasteiger partial charge in [-0.25, -0.2) is 9.97 Å². The molecule has 19 heavy (non-hydrogen) atoms. The molecule has 0 spiro atoms. The molecule has 1 aromatic rings. The van der Waals surface area contributed by atoms with Crippen LogP contribution in [0.25, 0.3) is 0 Å². The van der Waals surface area contributed by atoms with Crippen LogP contribution < -0.4 is 4.90 Å². The third-order valence-electron chi connectivity index (χ3n) is 3.82. The first-order valence-corrected chi connectivity index (χ1v) is 6.91. The number of aromatic nitrogens is 2. The maximum atomic E-state index is 11.6. The molecule has 0 aromatic carbocycles. The van der Waals surface area contributed by atoms with Crippen LogP contribution in [0.1, 0.15) is 31.9 Å². The van der Waals surface area contributed by atoms with Crippen molar-refractivity contribution in [2.45, 2.75) is 39.2 Å². The average molecular weight is 262 g/mol. The van der Waals surface area contributed by atoms with Crippen LogP contribution in [-0.4, -0.2) is 47.0 Å². The molecule has 1 aliphatic rings. The zero-order chi connectivity index (χ0) is 13.8. The Bertz CT molecular complexity index is 441. The van der Waals surface area contributed by atoms with E-state index in [0.29, 0.717) is 12.5 Å². The van der Waals surface area contributed by atoms with E-state index in [1.165, 1.54) is 0 Å². The van der Waals surface area contributed by atoms with Crippen molar-refractivity contribution in [1.82, 2.24) is 14.9 Å². The zero-order valence-corrected chi connectivity index (χ0v) is 12.0. The second-order valence-electron chi connectivity index (χ2n) is 5.09. The number of rotatable bonds is 3. The van der Waals surface area contributed by atoms with Crippen LogP contribution in [0, 0.1) is 6.92 Å². The normalized spacial score (nSPS) is 16.5. The smallest absolute Gasteiger partial charge is 0.222 e. The molecule has 0 saturated carbocycles. The minimum atomic E-state index is 0.263. The molecule has 0 atom stereocenters. The molecule has 5 nitrogen and oxygen atoms in total. The molecule has 0 N–H and O–H groups in total. The summed E-state index contributed by atoms with van der Waals surface area (Å²) in [7, 11) is 2.07. The fourth-order valence-electron chi connectivity index (χ4n) is 2.55. The lowest BCUT2D eigenvalue weighted by Gasteiger charge is -2.37. The first-order chi connectivity index (χ1) is 9.11. The molecule has 1 amide bonds. The number of hydrogen-bond acceptors (Lipinski definition) is 4. The molecule has 104 valence electrons.